The minimum atomic E-state index is -0.258. The van der Waals surface area contributed by atoms with Gasteiger partial charge in [0.05, 0.1) is 16.8 Å². The lowest BCUT2D eigenvalue weighted by atomic mass is 10.0. The Kier molecular flexibility index (Phi) is 3.00. The van der Waals surface area contributed by atoms with Gasteiger partial charge in [-0.2, -0.15) is 5.10 Å². The highest BCUT2D eigenvalue weighted by Gasteiger charge is 2.21. The van der Waals surface area contributed by atoms with Crippen molar-refractivity contribution in [1.82, 2.24) is 9.78 Å². The molecule has 4 heteroatoms. The Morgan fingerprint density at radius 3 is 2.64 bits per heavy atom. The fourth-order valence-electron chi connectivity index (χ4n) is 1.10. The van der Waals surface area contributed by atoms with E-state index in [1.807, 2.05) is 20.8 Å². The molecule has 1 aromatic heterocycles. The summed E-state index contributed by atoms with van der Waals surface area (Å²) in [5, 5.41) is 4.48. The topological polar surface area (TPSA) is 34.9 Å². The normalized spacial score (nSPS) is 11.8. The summed E-state index contributed by atoms with van der Waals surface area (Å²) in [4.78, 5) is 11.8. The molecule has 3 nitrogen and oxygen atoms in total. The number of hydrogen-bond donors (Lipinski definition) is 0. The third-order valence-corrected chi connectivity index (χ3v) is 2.98. The first-order chi connectivity index (χ1) is 6.40. The van der Waals surface area contributed by atoms with E-state index in [-0.39, 0.29) is 11.1 Å². The quantitative estimate of drug-likeness (QED) is 0.758. The van der Waals surface area contributed by atoms with Crippen molar-refractivity contribution in [2.45, 2.75) is 39.7 Å². The van der Waals surface area contributed by atoms with Gasteiger partial charge in [-0.15, -0.1) is 0 Å². The highest BCUT2D eigenvalue weighted by Crippen LogP contribution is 2.17. The second-order valence-corrected chi connectivity index (χ2v) is 4.41. The monoisotopic (exact) mass is 214 g/mol. The Morgan fingerprint density at radius 2 is 2.14 bits per heavy atom. The minimum Gasteiger partial charge on any atom is -0.267 e. The fourth-order valence-corrected chi connectivity index (χ4v) is 1.22. The van der Waals surface area contributed by atoms with Crippen LogP contribution in [0.4, 0.5) is 0 Å². The largest absolute Gasteiger partial charge is 0.271 e. The van der Waals surface area contributed by atoms with Gasteiger partial charge >= 0.3 is 0 Å². The van der Waals surface area contributed by atoms with Gasteiger partial charge in [-0.05, 0) is 27.2 Å². The Bertz CT molecular complexity index is 396. The first kappa shape index (κ1) is 11.2. The second-order valence-electron chi connectivity index (χ2n) is 4.00. The molecule has 0 aliphatic heterocycles. The molecule has 0 amide bonds. The molecule has 0 aliphatic rings. The van der Waals surface area contributed by atoms with E-state index in [0.717, 1.165) is 6.42 Å². The average molecular weight is 215 g/mol. The molecule has 1 heterocycles. The smallest absolute Gasteiger partial charge is 0.267 e. The van der Waals surface area contributed by atoms with Crippen LogP contribution in [-0.2, 0) is 5.54 Å². The summed E-state index contributed by atoms with van der Waals surface area (Å²) >= 11 is 5.80. The maximum absolute atomic E-state index is 11.8. The maximum Gasteiger partial charge on any atom is 0.271 e. The number of hydrogen-bond acceptors (Lipinski definition) is 2. The van der Waals surface area contributed by atoms with Gasteiger partial charge in [0.1, 0.15) is 0 Å². The molecule has 0 fully saturated rings. The van der Waals surface area contributed by atoms with Crippen molar-refractivity contribution in [2.75, 3.05) is 0 Å². The number of rotatable bonds is 2. The number of halogens is 1. The number of aromatic nitrogens is 2. The van der Waals surface area contributed by atoms with Gasteiger partial charge in [0, 0.05) is 5.56 Å². The lowest BCUT2D eigenvalue weighted by molar-refractivity contribution is 0.292. The molecule has 0 saturated heterocycles. The Morgan fingerprint density at radius 1 is 1.57 bits per heavy atom. The minimum absolute atomic E-state index is 0.107. The van der Waals surface area contributed by atoms with Gasteiger partial charge < -0.3 is 0 Å². The van der Waals surface area contributed by atoms with E-state index in [1.54, 1.807) is 6.92 Å². The zero-order chi connectivity index (χ0) is 10.9. The van der Waals surface area contributed by atoms with Gasteiger partial charge in [0.25, 0.3) is 5.56 Å². The van der Waals surface area contributed by atoms with Crippen molar-refractivity contribution < 1.29 is 0 Å². The van der Waals surface area contributed by atoms with Crippen LogP contribution >= 0.6 is 11.6 Å². The van der Waals surface area contributed by atoms with Crippen molar-refractivity contribution in [3.8, 4) is 0 Å². The number of nitrogens with zero attached hydrogens (tertiary/aromatic N) is 2. The Hall–Kier alpha value is -0.830. The summed E-state index contributed by atoms with van der Waals surface area (Å²) in [5.74, 6) is 0. The molecule has 0 N–H and O–H groups in total. The molecular formula is C10H15ClN2O. The summed E-state index contributed by atoms with van der Waals surface area (Å²) in [6.07, 6.45) is 2.37. The van der Waals surface area contributed by atoms with Crippen LogP contribution < -0.4 is 5.56 Å². The predicted molar refractivity (Wildman–Crippen MR) is 57.9 cm³/mol. The molecule has 0 spiro atoms. The Labute approximate surface area is 88.7 Å². The van der Waals surface area contributed by atoms with E-state index < -0.39 is 0 Å². The molecule has 0 bridgehead atoms. The summed E-state index contributed by atoms with van der Waals surface area (Å²) < 4.78 is 1.49. The SMILES string of the molecule is CCC(C)(C)n1ncc(Cl)c(C)c1=O. The standard InChI is InChI=1S/C10H15ClN2O/c1-5-10(3,4)13-9(14)7(2)8(11)6-12-13/h6H,5H2,1-4H3. The van der Waals surface area contributed by atoms with Gasteiger partial charge in [-0.1, -0.05) is 18.5 Å². The first-order valence-corrected chi connectivity index (χ1v) is 5.03. The second kappa shape index (κ2) is 3.73. The summed E-state index contributed by atoms with van der Waals surface area (Å²) in [7, 11) is 0. The van der Waals surface area contributed by atoms with Crippen LogP contribution in [0.3, 0.4) is 0 Å². The van der Waals surface area contributed by atoms with Crippen LogP contribution in [0.2, 0.25) is 5.02 Å². The van der Waals surface area contributed by atoms with Crippen molar-refractivity contribution in [3.05, 3.63) is 27.1 Å². The molecule has 1 aromatic rings. The molecule has 0 saturated carbocycles. The molecule has 0 unspecified atom stereocenters. The zero-order valence-electron chi connectivity index (χ0n) is 8.97. The fraction of sp³-hybridized carbons (Fsp3) is 0.600. The highest BCUT2D eigenvalue weighted by molar-refractivity contribution is 6.31. The Balaban J connectivity index is 3.39. The van der Waals surface area contributed by atoms with Crippen LogP contribution in [0.25, 0.3) is 0 Å². The van der Waals surface area contributed by atoms with Crippen LogP contribution in [0, 0.1) is 6.92 Å². The van der Waals surface area contributed by atoms with Crippen molar-refractivity contribution in [2.24, 2.45) is 0 Å². The molecule has 0 aliphatic carbocycles. The zero-order valence-corrected chi connectivity index (χ0v) is 9.72. The van der Waals surface area contributed by atoms with E-state index in [9.17, 15) is 4.79 Å². The van der Waals surface area contributed by atoms with E-state index in [4.69, 9.17) is 11.6 Å². The van der Waals surface area contributed by atoms with E-state index in [1.165, 1.54) is 10.9 Å². The third-order valence-electron chi connectivity index (χ3n) is 2.60. The van der Waals surface area contributed by atoms with Crippen molar-refractivity contribution >= 4 is 11.6 Å². The lowest BCUT2D eigenvalue weighted by Crippen LogP contribution is -2.38. The van der Waals surface area contributed by atoms with Gasteiger partial charge in [-0.25, -0.2) is 4.68 Å². The van der Waals surface area contributed by atoms with Gasteiger partial charge in [0.2, 0.25) is 0 Å². The summed E-state index contributed by atoms with van der Waals surface area (Å²) in [5.41, 5.74) is 0.194. The van der Waals surface area contributed by atoms with Crippen molar-refractivity contribution in [1.29, 1.82) is 0 Å². The predicted octanol–water partition coefficient (Wildman–Crippen LogP) is 2.35. The van der Waals surface area contributed by atoms with Crippen molar-refractivity contribution in [3.63, 3.8) is 0 Å². The van der Waals surface area contributed by atoms with E-state index >= 15 is 0 Å². The van der Waals surface area contributed by atoms with Crippen LogP contribution in [0.15, 0.2) is 11.0 Å². The molecule has 0 atom stereocenters. The van der Waals surface area contributed by atoms with Crippen LogP contribution in [-0.4, -0.2) is 9.78 Å². The molecule has 78 valence electrons. The maximum atomic E-state index is 11.8. The summed E-state index contributed by atoms with van der Waals surface area (Å²) in [6.45, 7) is 7.70. The van der Waals surface area contributed by atoms with Crippen LogP contribution in [0.5, 0.6) is 0 Å². The average Bonchev–Trinajstić information content (AvgIpc) is 2.14. The molecule has 1 rings (SSSR count). The highest BCUT2D eigenvalue weighted by atomic mass is 35.5. The lowest BCUT2D eigenvalue weighted by Gasteiger charge is -2.24. The summed E-state index contributed by atoms with van der Waals surface area (Å²) in [6, 6.07) is 0. The van der Waals surface area contributed by atoms with E-state index in [2.05, 4.69) is 5.10 Å². The van der Waals surface area contributed by atoms with Gasteiger partial charge in [-0.3, -0.25) is 4.79 Å². The third kappa shape index (κ3) is 1.82. The first-order valence-electron chi connectivity index (χ1n) is 4.65. The van der Waals surface area contributed by atoms with E-state index in [0.29, 0.717) is 10.6 Å². The molecule has 14 heavy (non-hydrogen) atoms. The van der Waals surface area contributed by atoms with Gasteiger partial charge in [0.15, 0.2) is 0 Å². The molecular weight excluding hydrogens is 200 g/mol. The van der Waals surface area contributed by atoms with Crippen LogP contribution in [0.1, 0.15) is 32.8 Å². The molecule has 0 aromatic carbocycles. The molecule has 0 radical (unpaired) electrons.